The second-order valence-electron chi connectivity index (χ2n) is 7.03. The van der Waals surface area contributed by atoms with Crippen LogP contribution in [0.15, 0.2) is 48.5 Å². The lowest BCUT2D eigenvalue weighted by atomic mass is 10.1. The van der Waals surface area contributed by atoms with E-state index >= 15 is 0 Å². The Morgan fingerprint density at radius 2 is 1.76 bits per heavy atom. The fourth-order valence-corrected chi connectivity index (χ4v) is 3.25. The topological polar surface area (TPSA) is 49.4 Å². The monoisotopic (exact) mass is 418 g/mol. The van der Waals surface area contributed by atoms with E-state index in [2.05, 4.69) is 5.32 Å². The van der Waals surface area contributed by atoms with Crippen molar-refractivity contribution >= 4 is 23.4 Å². The van der Waals surface area contributed by atoms with Crippen LogP contribution in [-0.4, -0.2) is 29.3 Å². The van der Waals surface area contributed by atoms with Gasteiger partial charge in [0.05, 0.1) is 0 Å². The summed E-state index contributed by atoms with van der Waals surface area (Å²) in [4.78, 5) is 27.0. The molecule has 2 aromatic rings. The van der Waals surface area contributed by atoms with E-state index in [0.29, 0.717) is 23.6 Å². The first kappa shape index (κ1) is 22.9. The van der Waals surface area contributed by atoms with E-state index < -0.39 is 11.9 Å². The average Bonchev–Trinajstić information content (AvgIpc) is 2.72. The van der Waals surface area contributed by atoms with Crippen molar-refractivity contribution in [1.82, 2.24) is 10.2 Å². The maximum Gasteiger partial charge on any atom is 0.242 e. The van der Waals surface area contributed by atoms with E-state index in [-0.39, 0.29) is 24.8 Å². The Morgan fingerprint density at radius 1 is 1.10 bits per heavy atom. The molecule has 4 nitrogen and oxygen atoms in total. The summed E-state index contributed by atoms with van der Waals surface area (Å²) in [5.41, 5.74) is 1.25. The van der Waals surface area contributed by atoms with Gasteiger partial charge in [0.25, 0.3) is 0 Å². The number of nitrogens with one attached hydrogen (secondary N) is 1. The minimum Gasteiger partial charge on any atom is -0.354 e. The van der Waals surface area contributed by atoms with E-state index in [4.69, 9.17) is 11.6 Å². The van der Waals surface area contributed by atoms with Gasteiger partial charge >= 0.3 is 0 Å². The molecule has 6 heteroatoms. The largest absolute Gasteiger partial charge is 0.354 e. The predicted molar refractivity (Wildman–Crippen MR) is 114 cm³/mol. The Labute approximate surface area is 177 Å². The van der Waals surface area contributed by atoms with Crippen LogP contribution < -0.4 is 5.32 Å². The number of carbonyl (C=O) groups is 2. The summed E-state index contributed by atoms with van der Waals surface area (Å²) in [6, 6.07) is 13.0. The standard InChI is InChI=1S/C23H28ClFN2O2/c1-3-4-15-26-23(29)17(2)27(16-19-10-6-8-12-21(19)25)22(28)14-13-18-9-5-7-11-20(18)24/h5-12,17H,3-4,13-16H2,1-2H3,(H,26,29)/t17-/m1/s1. The second-order valence-corrected chi connectivity index (χ2v) is 7.43. The smallest absolute Gasteiger partial charge is 0.242 e. The molecule has 1 N–H and O–H groups in total. The van der Waals surface area contributed by atoms with Crippen LogP contribution in [0.2, 0.25) is 5.02 Å². The van der Waals surface area contributed by atoms with Crippen molar-refractivity contribution in [1.29, 1.82) is 0 Å². The molecule has 0 fully saturated rings. The Hall–Kier alpha value is -2.40. The van der Waals surface area contributed by atoms with Crippen LogP contribution in [0.3, 0.4) is 0 Å². The molecule has 0 spiro atoms. The van der Waals surface area contributed by atoms with E-state index in [1.165, 1.54) is 11.0 Å². The number of unbranched alkanes of at least 4 members (excludes halogenated alkanes) is 1. The first-order valence-electron chi connectivity index (χ1n) is 9.98. The third kappa shape index (κ3) is 6.86. The number of amides is 2. The van der Waals surface area contributed by atoms with E-state index in [1.807, 2.05) is 25.1 Å². The van der Waals surface area contributed by atoms with E-state index in [1.54, 1.807) is 31.2 Å². The summed E-state index contributed by atoms with van der Waals surface area (Å²) >= 11 is 6.18. The van der Waals surface area contributed by atoms with E-state index in [0.717, 1.165) is 18.4 Å². The molecule has 0 bridgehead atoms. The number of benzene rings is 2. The highest BCUT2D eigenvalue weighted by atomic mass is 35.5. The zero-order valence-electron chi connectivity index (χ0n) is 17.0. The molecule has 0 saturated carbocycles. The van der Waals surface area contributed by atoms with Crippen molar-refractivity contribution in [3.63, 3.8) is 0 Å². The van der Waals surface area contributed by atoms with Gasteiger partial charge < -0.3 is 10.2 Å². The maximum absolute atomic E-state index is 14.2. The number of hydrogen-bond acceptors (Lipinski definition) is 2. The molecule has 0 aliphatic heterocycles. The van der Waals surface area contributed by atoms with Crippen molar-refractivity contribution in [2.45, 2.75) is 52.1 Å². The molecule has 29 heavy (non-hydrogen) atoms. The molecular formula is C23H28ClFN2O2. The summed E-state index contributed by atoms with van der Waals surface area (Å²) in [6.07, 6.45) is 2.47. The zero-order valence-corrected chi connectivity index (χ0v) is 17.7. The van der Waals surface area contributed by atoms with Gasteiger partial charge in [-0.1, -0.05) is 61.3 Å². The van der Waals surface area contributed by atoms with Crippen LogP contribution in [-0.2, 0) is 22.6 Å². The number of halogens is 2. The number of aryl methyl sites for hydroxylation is 1. The van der Waals surface area contributed by atoms with Crippen LogP contribution in [0.4, 0.5) is 4.39 Å². The lowest BCUT2D eigenvalue weighted by molar-refractivity contribution is -0.140. The molecule has 0 aromatic heterocycles. The Balaban J connectivity index is 2.14. The van der Waals surface area contributed by atoms with Crippen molar-refractivity contribution in [3.05, 3.63) is 70.5 Å². The summed E-state index contributed by atoms with van der Waals surface area (Å²) in [5, 5.41) is 3.46. The fraction of sp³-hybridized carbons (Fsp3) is 0.391. The van der Waals surface area contributed by atoms with Crippen molar-refractivity contribution in [3.8, 4) is 0 Å². The van der Waals surface area contributed by atoms with Crippen molar-refractivity contribution < 1.29 is 14.0 Å². The molecule has 2 amide bonds. The zero-order chi connectivity index (χ0) is 21.2. The number of nitrogens with zero attached hydrogens (tertiary/aromatic N) is 1. The molecule has 0 radical (unpaired) electrons. The highest BCUT2D eigenvalue weighted by Gasteiger charge is 2.26. The molecule has 0 aliphatic rings. The number of rotatable bonds is 10. The Bertz CT molecular complexity index is 828. The number of carbonyl (C=O) groups excluding carboxylic acids is 2. The summed E-state index contributed by atoms with van der Waals surface area (Å²) < 4.78 is 14.2. The minimum atomic E-state index is -0.704. The van der Waals surface area contributed by atoms with Crippen LogP contribution >= 0.6 is 11.6 Å². The van der Waals surface area contributed by atoms with Crippen LogP contribution in [0.1, 0.15) is 44.2 Å². The second kappa shape index (κ2) is 11.6. The van der Waals surface area contributed by atoms with Gasteiger partial charge in [0.15, 0.2) is 0 Å². The van der Waals surface area contributed by atoms with E-state index in [9.17, 15) is 14.0 Å². The Kier molecular flexibility index (Phi) is 9.13. The van der Waals surface area contributed by atoms with Crippen LogP contribution in [0, 0.1) is 5.82 Å². The quantitative estimate of drug-likeness (QED) is 0.566. The van der Waals surface area contributed by atoms with Gasteiger partial charge in [0.1, 0.15) is 11.9 Å². The molecule has 0 saturated heterocycles. The Morgan fingerprint density at radius 3 is 2.41 bits per heavy atom. The summed E-state index contributed by atoms with van der Waals surface area (Å²) in [6.45, 7) is 4.31. The highest BCUT2D eigenvalue weighted by Crippen LogP contribution is 2.19. The molecule has 1 atom stereocenters. The minimum absolute atomic E-state index is 0.0381. The molecular weight excluding hydrogens is 391 g/mol. The van der Waals surface area contributed by atoms with Crippen molar-refractivity contribution in [2.75, 3.05) is 6.54 Å². The average molecular weight is 419 g/mol. The van der Waals surface area contributed by atoms with Gasteiger partial charge in [0.2, 0.25) is 11.8 Å². The van der Waals surface area contributed by atoms with Crippen molar-refractivity contribution in [2.24, 2.45) is 0 Å². The van der Waals surface area contributed by atoms with Crippen LogP contribution in [0.25, 0.3) is 0 Å². The third-order valence-electron chi connectivity index (χ3n) is 4.86. The maximum atomic E-state index is 14.2. The van der Waals surface area contributed by atoms with Gasteiger partial charge in [-0.25, -0.2) is 4.39 Å². The number of hydrogen-bond donors (Lipinski definition) is 1. The van der Waals surface area contributed by atoms with Gasteiger partial charge in [-0.05, 0) is 37.5 Å². The predicted octanol–water partition coefficient (Wildman–Crippen LogP) is 4.75. The normalized spacial score (nSPS) is 11.7. The lowest BCUT2D eigenvalue weighted by Crippen LogP contribution is -2.48. The summed E-state index contributed by atoms with van der Waals surface area (Å²) in [7, 11) is 0. The van der Waals surface area contributed by atoms with Gasteiger partial charge in [-0.3, -0.25) is 9.59 Å². The van der Waals surface area contributed by atoms with Gasteiger partial charge in [0, 0.05) is 30.1 Å². The molecule has 0 heterocycles. The third-order valence-corrected chi connectivity index (χ3v) is 5.23. The van der Waals surface area contributed by atoms with Crippen LogP contribution in [0.5, 0.6) is 0 Å². The molecule has 2 rings (SSSR count). The molecule has 2 aromatic carbocycles. The highest BCUT2D eigenvalue weighted by molar-refractivity contribution is 6.31. The first-order valence-corrected chi connectivity index (χ1v) is 10.4. The molecule has 156 valence electrons. The lowest BCUT2D eigenvalue weighted by Gasteiger charge is -2.29. The molecule has 0 aliphatic carbocycles. The van der Waals surface area contributed by atoms with Gasteiger partial charge in [-0.15, -0.1) is 0 Å². The fourth-order valence-electron chi connectivity index (χ4n) is 3.02. The van der Waals surface area contributed by atoms with Gasteiger partial charge in [-0.2, -0.15) is 0 Å². The SMILES string of the molecule is CCCCNC(=O)[C@@H](C)N(Cc1ccccc1F)C(=O)CCc1ccccc1Cl. The molecule has 0 unspecified atom stereocenters. The summed E-state index contributed by atoms with van der Waals surface area (Å²) in [5.74, 6) is -0.845. The first-order chi connectivity index (χ1) is 13.9.